The van der Waals surface area contributed by atoms with E-state index in [1.54, 1.807) is 49.0 Å². The van der Waals surface area contributed by atoms with Crippen LogP contribution in [-0.4, -0.2) is 43.0 Å². The molecule has 0 aromatic heterocycles. The number of carbonyl (C=O) groups is 1. The van der Waals surface area contributed by atoms with E-state index in [0.717, 1.165) is 12.2 Å². The van der Waals surface area contributed by atoms with Crippen LogP contribution in [0.4, 0.5) is 5.69 Å². The fraction of sp³-hybridized carbons (Fsp3) is 0.500. The second-order valence-electron chi connectivity index (χ2n) is 4.47. The number of nitrogens with zero attached hydrogens (tertiary/aromatic N) is 1. The number of nitrogen functional groups attached to an aromatic ring is 1. The summed E-state index contributed by atoms with van der Waals surface area (Å²) < 4.78 is 5.23. The van der Waals surface area contributed by atoms with E-state index in [-0.39, 0.29) is 11.9 Å². The van der Waals surface area contributed by atoms with Crippen LogP contribution in [0, 0.1) is 0 Å². The summed E-state index contributed by atoms with van der Waals surface area (Å²) in [5.41, 5.74) is 6.80. The SMILES string of the molecule is COc1cccc(N)c1C(=O)N(C)C(C)CCSC. The number of ether oxygens (including phenoxy) is 1. The molecule has 1 rings (SSSR count). The summed E-state index contributed by atoms with van der Waals surface area (Å²) in [6.07, 6.45) is 3.02. The molecule has 0 heterocycles. The monoisotopic (exact) mass is 282 g/mol. The lowest BCUT2D eigenvalue weighted by Crippen LogP contribution is -2.36. The van der Waals surface area contributed by atoms with Crippen molar-refractivity contribution < 1.29 is 9.53 Å². The maximum Gasteiger partial charge on any atom is 0.259 e. The smallest absolute Gasteiger partial charge is 0.259 e. The lowest BCUT2D eigenvalue weighted by Gasteiger charge is -2.26. The first-order valence-electron chi connectivity index (χ1n) is 6.21. The van der Waals surface area contributed by atoms with E-state index in [4.69, 9.17) is 10.5 Å². The number of hydrogen-bond acceptors (Lipinski definition) is 4. The second kappa shape index (κ2) is 7.28. The van der Waals surface area contributed by atoms with Gasteiger partial charge in [-0.15, -0.1) is 0 Å². The van der Waals surface area contributed by atoms with Crippen LogP contribution in [0.3, 0.4) is 0 Å². The summed E-state index contributed by atoms with van der Waals surface area (Å²) in [7, 11) is 3.35. The van der Waals surface area contributed by atoms with Crippen LogP contribution in [0.2, 0.25) is 0 Å². The third kappa shape index (κ3) is 3.80. The molecule has 5 heteroatoms. The third-order valence-electron chi connectivity index (χ3n) is 3.21. The number of nitrogens with two attached hydrogens (primary N) is 1. The lowest BCUT2D eigenvalue weighted by molar-refractivity contribution is 0.0739. The van der Waals surface area contributed by atoms with Gasteiger partial charge >= 0.3 is 0 Å². The maximum atomic E-state index is 12.5. The molecule has 2 N–H and O–H groups in total. The Balaban J connectivity index is 2.93. The Morgan fingerprint density at radius 2 is 2.21 bits per heavy atom. The molecule has 0 aliphatic carbocycles. The second-order valence-corrected chi connectivity index (χ2v) is 5.46. The van der Waals surface area contributed by atoms with Crippen molar-refractivity contribution >= 4 is 23.4 Å². The van der Waals surface area contributed by atoms with E-state index in [0.29, 0.717) is 17.0 Å². The van der Waals surface area contributed by atoms with Gasteiger partial charge < -0.3 is 15.4 Å². The highest BCUT2D eigenvalue weighted by Gasteiger charge is 2.22. The molecule has 0 saturated heterocycles. The first kappa shape index (κ1) is 15.7. The van der Waals surface area contributed by atoms with Crippen LogP contribution in [0.5, 0.6) is 5.75 Å². The predicted molar refractivity (Wildman–Crippen MR) is 82.0 cm³/mol. The van der Waals surface area contributed by atoms with Crippen LogP contribution in [0.15, 0.2) is 18.2 Å². The third-order valence-corrected chi connectivity index (χ3v) is 3.86. The topological polar surface area (TPSA) is 55.6 Å². The standard InChI is InChI=1S/C14H22N2O2S/c1-10(8-9-19-4)16(2)14(17)13-11(15)6-5-7-12(13)18-3/h5-7,10H,8-9,15H2,1-4H3. The van der Waals surface area contributed by atoms with Crippen molar-refractivity contribution in [3.05, 3.63) is 23.8 Å². The van der Waals surface area contributed by atoms with Crippen LogP contribution in [-0.2, 0) is 0 Å². The van der Waals surface area contributed by atoms with Crippen LogP contribution >= 0.6 is 11.8 Å². The van der Waals surface area contributed by atoms with Gasteiger partial charge in [0.05, 0.1) is 7.11 Å². The highest BCUT2D eigenvalue weighted by molar-refractivity contribution is 7.98. The van der Waals surface area contributed by atoms with Gasteiger partial charge in [-0.2, -0.15) is 11.8 Å². The normalized spacial score (nSPS) is 12.0. The summed E-state index contributed by atoms with van der Waals surface area (Å²) in [4.78, 5) is 14.2. The Labute approximate surface area is 119 Å². The van der Waals surface area contributed by atoms with Crippen LogP contribution in [0.1, 0.15) is 23.7 Å². The van der Waals surface area contributed by atoms with Crippen molar-refractivity contribution in [2.45, 2.75) is 19.4 Å². The predicted octanol–water partition coefficient (Wildman–Crippen LogP) is 2.49. The van der Waals surface area contributed by atoms with Gasteiger partial charge in [-0.3, -0.25) is 4.79 Å². The molecule has 0 bridgehead atoms. The molecule has 0 fully saturated rings. The number of benzene rings is 1. The van der Waals surface area contributed by atoms with Crippen molar-refractivity contribution in [3.8, 4) is 5.75 Å². The van der Waals surface area contributed by atoms with Gasteiger partial charge in [-0.05, 0) is 37.5 Å². The summed E-state index contributed by atoms with van der Waals surface area (Å²) in [5.74, 6) is 1.46. The molecule has 1 aromatic rings. The van der Waals surface area contributed by atoms with Gasteiger partial charge in [-0.25, -0.2) is 0 Å². The minimum atomic E-state index is -0.0939. The number of anilines is 1. The summed E-state index contributed by atoms with van der Waals surface area (Å²) in [6, 6.07) is 5.42. The number of methoxy groups -OCH3 is 1. The van der Waals surface area contributed by atoms with Crippen molar-refractivity contribution in [2.24, 2.45) is 0 Å². The number of thioether (sulfide) groups is 1. The number of rotatable bonds is 6. The average Bonchev–Trinajstić information content (AvgIpc) is 2.42. The van der Waals surface area contributed by atoms with Crippen molar-refractivity contribution in [1.82, 2.24) is 4.90 Å². The molecule has 1 aromatic carbocycles. The van der Waals surface area contributed by atoms with Crippen molar-refractivity contribution in [2.75, 3.05) is 31.9 Å². The quantitative estimate of drug-likeness (QED) is 0.814. The van der Waals surface area contributed by atoms with E-state index in [1.165, 1.54) is 0 Å². The molecular weight excluding hydrogens is 260 g/mol. The maximum absolute atomic E-state index is 12.5. The highest BCUT2D eigenvalue weighted by atomic mass is 32.2. The first-order valence-corrected chi connectivity index (χ1v) is 7.60. The van der Waals surface area contributed by atoms with Crippen LogP contribution < -0.4 is 10.5 Å². The number of carbonyl (C=O) groups excluding carboxylic acids is 1. The van der Waals surface area contributed by atoms with Crippen LogP contribution in [0.25, 0.3) is 0 Å². The zero-order valence-electron chi connectivity index (χ0n) is 12.0. The molecule has 0 radical (unpaired) electrons. The Kier molecular flexibility index (Phi) is 6.02. The highest BCUT2D eigenvalue weighted by Crippen LogP contribution is 2.26. The minimum Gasteiger partial charge on any atom is -0.496 e. The van der Waals surface area contributed by atoms with Gasteiger partial charge in [0.15, 0.2) is 0 Å². The van der Waals surface area contributed by atoms with E-state index < -0.39 is 0 Å². The molecular formula is C14H22N2O2S. The summed E-state index contributed by atoms with van der Waals surface area (Å²) >= 11 is 1.78. The molecule has 106 valence electrons. The van der Waals surface area contributed by atoms with Gasteiger partial charge in [-0.1, -0.05) is 6.07 Å². The molecule has 4 nitrogen and oxygen atoms in total. The fourth-order valence-electron chi connectivity index (χ4n) is 1.81. The Hall–Kier alpha value is -1.36. The molecule has 0 aliphatic rings. The molecule has 19 heavy (non-hydrogen) atoms. The summed E-state index contributed by atoms with van der Waals surface area (Å²) in [5, 5.41) is 0. The Bertz CT molecular complexity index is 437. The molecule has 0 spiro atoms. The molecule has 1 unspecified atom stereocenters. The van der Waals surface area contributed by atoms with Gasteiger partial charge in [0.25, 0.3) is 5.91 Å². The number of amides is 1. The van der Waals surface area contributed by atoms with Gasteiger partial charge in [0, 0.05) is 18.8 Å². The molecule has 0 saturated carbocycles. The average molecular weight is 282 g/mol. The molecule has 1 amide bonds. The van der Waals surface area contributed by atoms with E-state index in [9.17, 15) is 4.79 Å². The molecule has 1 atom stereocenters. The zero-order valence-corrected chi connectivity index (χ0v) is 12.8. The molecule has 0 aliphatic heterocycles. The zero-order chi connectivity index (χ0) is 14.4. The lowest BCUT2D eigenvalue weighted by atomic mass is 10.1. The Morgan fingerprint density at radius 1 is 1.53 bits per heavy atom. The van der Waals surface area contributed by atoms with Crippen molar-refractivity contribution in [3.63, 3.8) is 0 Å². The van der Waals surface area contributed by atoms with Gasteiger partial charge in [0.1, 0.15) is 11.3 Å². The van der Waals surface area contributed by atoms with Crippen molar-refractivity contribution in [1.29, 1.82) is 0 Å². The van der Waals surface area contributed by atoms with Gasteiger partial charge in [0.2, 0.25) is 0 Å². The van der Waals surface area contributed by atoms with E-state index in [2.05, 4.69) is 6.26 Å². The summed E-state index contributed by atoms with van der Waals surface area (Å²) in [6.45, 7) is 2.04. The minimum absolute atomic E-state index is 0.0939. The first-order chi connectivity index (χ1) is 9.02. The van der Waals surface area contributed by atoms with E-state index in [1.807, 2.05) is 6.92 Å². The number of hydrogen-bond donors (Lipinski definition) is 1. The fourth-order valence-corrected chi connectivity index (χ4v) is 2.38. The van der Waals surface area contributed by atoms with E-state index >= 15 is 0 Å². The largest absolute Gasteiger partial charge is 0.496 e. The Morgan fingerprint density at radius 3 is 2.79 bits per heavy atom.